The number of methoxy groups -OCH3 is 1. The summed E-state index contributed by atoms with van der Waals surface area (Å²) >= 11 is 1.50. The molecule has 0 saturated heterocycles. The Hall–Kier alpha value is -1.59. The van der Waals surface area contributed by atoms with Crippen LogP contribution in [0.1, 0.15) is 23.6 Å². The maximum Gasteiger partial charge on any atom is 0.190 e. The minimum absolute atomic E-state index is 0.489. The Labute approximate surface area is 117 Å². The zero-order valence-electron chi connectivity index (χ0n) is 11.5. The number of rotatable bonds is 4. The number of nitrogens with zero attached hydrogens (tertiary/aromatic N) is 2. The molecular formula is C14H18N2O2S. The second-order valence-corrected chi connectivity index (χ2v) is 5.36. The van der Waals surface area contributed by atoms with Crippen molar-refractivity contribution in [2.45, 2.75) is 20.0 Å². The van der Waals surface area contributed by atoms with E-state index in [9.17, 15) is 5.11 Å². The lowest BCUT2D eigenvalue weighted by Crippen LogP contribution is -2.10. The summed E-state index contributed by atoms with van der Waals surface area (Å²) in [4.78, 5) is 7.39. The number of anilines is 2. The quantitative estimate of drug-likeness (QED) is 0.932. The van der Waals surface area contributed by atoms with Gasteiger partial charge in [-0.05, 0) is 26.0 Å². The third-order valence-electron chi connectivity index (χ3n) is 2.93. The Morgan fingerprint density at radius 1 is 1.37 bits per heavy atom. The molecule has 0 aliphatic carbocycles. The van der Waals surface area contributed by atoms with Crippen molar-refractivity contribution in [2.75, 3.05) is 19.1 Å². The maximum absolute atomic E-state index is 9.70. The fourth-order valence-electron chi connectivity index (χ4n) is 1.93. The zero-order valence-corrected chi connectivity index (χ0v) is 12.4. The van der Waals surface area contributed by atoms with E-state index in [1.54, 1.807) is 14.0 Å². The lowest BCUT2D eigenvalue weighted by molar-refractivity contribution is 0.202. The van der Waals surface area contributed by atoms with Crippen molar-refractivity contribution < 1.29 is 9.84 Å². The molecule has 0 aliphatic heterocycles. The first-order chi connectivity index (χ1) is 9.04. The Morgan fingerprint density at radius 3 is 2.63 bits per heavy atom. The molecule has 0 fully saturated rings. The number of aryl methyl sites for hydroxylation is 1. The molecule has 19 heavy (non-hydrogen) atoms. The van der Waals surface area contributed by atoms with Gasteiger partial charge in [-0.15, -0.1) is 0 Å². The van der Waals surface area contributed by atoms with Gasteiger partial charge in [0.25, 0.3) is 0 Å². The van der Waals surface area contributed by atoms with Gasteiger partial charge < -0.3 is 14.7 Å². The van der Waals surface area contributed by atoms with Crippen LogP contribution in [0.3, 0.4) is 0 Å². The molecular weight excluding hydrogens is 260 g/mol. The van der Waals surface area contributed by atoms with E-state index in [4.69, 9.17) is 4.74 Å². The van der Waals surface area contributed by atoms with E-state index < -0.39 is 6.10 Å². The van der Waals surface area contributed by atoms with Crippen LogP contribution in [0.25, 0.3) is 0 Å². The Kier molecular flexibility index (Phi) is 4.07. The van der Waals surface area contributed by atoms with Gasteiger partial charge in [-0.1, -0.05) is 23.5 Å². The Bertz CT molecular complexity index is 566. The largest absolute Gasteiger partial charge is 0.495 e. The van der Waals surface area contributed by atoms with Crippen LogP contribution in [-0.2, 0) is 0 Å². The highest BCUT2D eigenvalue weighted by molar-refractivity contribution is 7.15. The molecule has 1 atom stereocenters. The lowest BCUT2D eigenvalue weighted by Gasteiger charge is -2.18. The van der Waals surface area contributed by atoms with Gasteiger partial charge in [0, 0.05) is 7.05 Å². The molecule has 1 aromatic heterocycles. The summed E-state index contributed by atoms with van der Waals surface area (Å²) < 4.78 is 5.36. The summed E-state index contributed by atoms with van der Waals surface area (Å²) in [6.07, 6.45) is -0.489. The number of aliphatic hydroxyl groups is 1. The number of para-hydroxylation sites is 2. The summed E-state index contributed by atoms with van der Waals surface area (Å²) in [5.41, 5.74) is 1.83. The summed E-state index contributed by atoms with van der Waals surface area (Å²) in [6.45, 7) is 3.67. The van der Waals surface area contributed by atoms with Gasteiger partial charge in [0.15, 0.2) is 5.13 Å². The summed E-state index contributed by atoms with van der Waals surface area (Å²) in [6, 6.07) is 7.80. The van der Waals surface area contributed by atoms with Gasteiger partial charge in [-0.3, -0.25) is 0 Å². The van der Waals surface area contributed by atoms with Crippen LogP contribution in [0.15, 0.2) is 24.3 Å². The van der Waals surface area contributed by atoms with Crippen molar-refractivity contribution in [2.24, 2.45) is 0 Å². The molecule has 0 saturated carbocycles. The second kappa shape index (κ2) is 5.59. The monoisotopic (exact) mass is 278 g/mol. The maximum atomic E-state index is 9.70. The van der Waals surface area contributed by atoms with E-state index in [0.717, 1.165) is 27.1 Å². The van der Waals surface area contributed by atoms with Crippen LogP contribution in [0.5, 0.6) is 5.75 Å². The number of aliphatic hydroxyl groups excluding tert-OH is 1. The summed E-state index contributed by atoms with van der Waals surface area (Å²) in [5, 5.41) is 10.5. The minimum atomic E-state index is -0.489. The predicted molar refractivity (Wildman–Crippen MR) is 78.5 cm³/mol. The molecule has 1 unspecified atom stereocenters. The van der Waals surface area contributed by atoms with Crippen LogP contribution < -0.4 is 9.64 Å². The second-order valence-electron chi connectivity index (χ2n) is 4.35. The van der Waals surface area contributed by atoms with Crippen molar-refractivity contribution in [1.29, 1.82) is 0 Å². The van der Waals surface area contributed by atoms with Gasteiger partial charge in [0.1, 0.15) is 5.75 Å². The molecule has 0 bridgehead atoms. The molecule has 1 heterocycles. The van der Waals surface area contributed by atoms with E-state index in [2.05, 4.69) is 4.98 Å². The molecule has 102 valence electrons. The first-order valence-corrected chi connectivity index (χ1v) is 6.88. The number of hydrogen-bond acceptors (Lipinski definition) is 5. The first-order valence-electron chi connectivity index (χ1n) is 6.06. The lowest BCUT2D eigenvalue weighted by atomic mass is 10.3. The van der Waals surface area contributed by atoms with Crippen molar-refractivity contribution in [3.05, 3.63) is 34.8 Å². The third-order valence-corrected chi connectivity index (χ3v) is 4.34. The molecule has 0 aliphatic rings. The highest BCUT2D eigenvalue weighted by atomic mass is 32.1. The molecule has 0 spiro atoms. The van der Waals surface area contributed by atoms with Crippen molar-refractivity contribution >= 4 is 22.2 Å². The third kappa shape index (κ3) is 2.72. The standard InChI is InChI=1S/C14H18N2O2S/c1-9-13(10(2)17)19-14(15-9)16(3)11-7-5-6-8-12(11)18-4/h5-8,10,17H,1-4H3. The number of aromatic nitrogens is 1. The van der Waals surface area contributed by atoms with Gasteiger partial charge in [-0.25, -0.2) is 4.98 Å². The van der Waals surface area contributed by atoms with E-state index in [1.165, 1.54) is 11.3 Å². The molecule has 2 rings (SSSR count). The fourth-order valence-corrected chi connectivity index (χ4v) is 2.91. The molecule has 4 nitrogen and oxygen atoms in total. The van der Waals surface area contributed by atoms with E-state index in [-0.39, 0.29) is 0 Å². The normalized spacial score (nSPS) is 12.3. The molecule has 0 radical (unpaired) electrons. The van der Waals surface area contributed by atoms with Crippen LogP contribution in [-0.4, -0.2) is 24.2 Å². The zero-order chi connectivity index (χ0) is 14.0. The smallest absolute Gasteiger partial charge is 0.190 e. The average Bonchev–Trinajstić information content (AvgIpc) is 2.80. The fraction of sp³-hybridized carbons (Fsp3) is 0.357. The molecule has 2 aromatic rings. The van der Waals surface area contributed by atoms with Crippen LogP contribution in [0, 0.1) is 6.92 Å². The first kappa shape index (κ1) is 13.8. The average molecular weight is 278 g/mol. The summed E-state index contributed by atoms with van der Waals surface area (Å²) in [7, 11) is 3.60. The van der Waals surface area contributed by atoms with Gasteiger partial charge in [-0.2, -0.15) is 0 Å². The van der Waals surface area contributed by atoms with Crippen molar-refractivity contribution in [3.8, 4) is 5.75 Å². The summed E-state index contributed by atoms with van der Waals surface area (Å²) in [5.74, 6) is 0.802. The van der Waals surface area contributed by atoms with Crippen LogP contribution >= 0.6 is 11.3 Å². The van der Waals surface area contributed by atoms with Crippen LogP contribution in [0.2, 0.25) is 0 Å². The molecule has 1 aromatic carbocycles. The van der Waals surface area contributed by atoms with Gasteiger partial charge >= 0.3 is 0 Å². The number of thiazole rings is 1. The van der Waals surface area contributed by atoms with Gasteiger partial charge in [0.05, 0.1) is 29.5 Å². The predicted octanol–water partition coefficient (Wildman–Crippen LogP) is 3.28. The molecule has 0 amide bonds. The number of ether oxygens (including phenoxy) is 1. The number of hydrogen-bond donors (Lipinski definition) is 1. The Balaban J connectivity index is 2.38. The topological polar surface area (TPSA) is 45.6 Å². The van der Waals surface area contributed by atoms with E-state index >= 15 is 0 Å². The molecule has 5 heteroatoms. The van der Waals surface area contributed by atoms with E-state index in [1.807, 2.05) is 43.1 Å². The van der Waals surface area contributed by atoms with Crippen molar-refractivity contribution in [3.63, 3.8) is 0 Å². The minimum Gasteiger partial charge on any atom is -0.495 e. The highest BCUT2D eigenvalue weighted by Crippen LogP contribution is 2.37. The highest BCUT2D eigenvalue weighted by Gasteiger charge is 2.17. The van der Waals surface area contributed by atoms with Crippen molar-refractivity contribution in [1.82, 2.24) is 4.98 Å². The van der Waals surface area contributed by atoms with Gasteiger partial charge in [0.2, 0.25) is 0 Å². The van der Waals surface area contributed by atoms with Crippen LogP contribution in [0.4, 0.5) is 10.8 Å². The molecule has 1 N–H and O–H groups in total. The van der Waals surface area contributed by atoms with E-state index in [0.29, 0.717) is 0 Å². The SMILES string of the molecule is COc1ccccc1N(C)c1nc(C)c(C(C)O)s1. The number of benzene rings is 1. The Morgan fingerprint density at radius 2 is 2.05 bits per heavy atom.